The zero-order valence-corrected chi connectivity index (χ0v) is 13.5. The first-order valence-corrected chi connectivity index (χ1v) is 7.86. The second-order valence-electron chi connectivity index (χ2n) is 6.15. The van der Waals surface area contributed by atoms with Gasteiger partial charge in [-0.1, -0.05) is 31.2 Å². The number of rotatable bonds is 3. The van der Waals surface area contributed by atoms with E-state index < -0.39 is 0 Å². The lowest BCUT2D eigenvalue weighted by atomic mass is 9.87. The van der Waals surface area contributed by atoms with Crippen molar-refractivity contribution < 1.29 is 4.79 Å². The SMILES string of the molecule is CCC1(C(=O)NC2CCc3ccccc3C2)CCCN1.Cl. The van der Waals surface area contributed by atoms with Gasteiger partial charge in [0.05, 0.1) is 5.54 Å². The highest BCUT2D eigenvalue weighted by molar-refractivity contribution is 5.87. The van der Waals surface area contributed by atoms with Gasteiger partial charge < -0.3 is 10.6 Å². The molecule has 21 heavy (non-hydrogen) atoms. The minimum absolute atomic E-state index is 0. The Kier molecular flexibility index (Phi) is 5.28. The van der Waals surface area contributed by atoms with Gasteiger partial charge in [0.2, 0.25) is 5.91 Å². The fourth-order valence-corrected chi connectivity index (χ4v) is 3.61. The predicted octanol–water partition coefficient (Wildman–Crippen LogP) is 2.61. The van der Waals surface area contributed by atoms with Crippen LogP contribution in [0.2, 0.25) is 0 Å². The lowest BCUT2D eigenvalue weighted by Crippen LogP contribution is -2.56. The molecule has 2 N–H and O–H groups in total. The molecule has 116 valence electrons. The van der Waals surface area contributed by atoms with Gasteiger partial charge in [0.25, 0.3) is 0 Å². The molecule has 1 heterocycles. The topological polar surface area (TPSA) is 41.1 Å². The number of hydrogen-bond donors (Lipinski definition) is 2. The predicted molar refractivity (Wildman–Crippen MR) is 87.9 cm³/mol. The normalized spacial score (nSPS) is 27.6. The Morgan fingerprint density at radius 1 is 1.38 bits per heavy atom. The van der Waals surface area contributed by atoms with Crippen LogP contribution in [0.15, 0.2) is 24.3 Å². The van der Waals surface area contributed by atoms with E-state index in [0.29, 0.717) is 6.04 Å². The van der Waals surface area contributed by atoms with Gasteiger partial charge in [0, 0.05) is 6.04 Å². The number of fused-ring (bicyclic) bond motifs is 1. The Hall–Kier alpha value is -1.06. The molecule has 1 fully saturated rings. The first kappa shape index (κ1) is 16.3. The minimum Gasteiger partial charge on any atom is -0.351 e. The molecule has 1 aromatic rings. The molecule has 2 aliphatic rings. The van der Waals surface area contributed by atoms with E-state index in [1.807, 2.05) is 0 Å². The van der Waals surface area contributed by atoms with Gasteiger partial charge in [-0.3, -0.25) is 4.79 Å². The van der Waals surface area contributed by atoms with Crippen molar-refractivity contribution in [1.82, 2.24) is 10.6 Å². The second kappa shape index (κ2) is 6.80. The molecule has 1 aromatic carbocycles. The fourth-order valence-electron chi connectivity index (χ4n) is 3.61. The van der Waals surface area contributed by atoms with E-state index in [2.05, 4.69) is 41.8 Å². The number of amides is 1. The lowest BCUT2D eigenvalue weighted by Gasteiger charge is -2.32. The van der Waals surface area contributed by atoms with Crippen LogP contribution in [0.1, 0.15) is 43.7 Å². The Morgan fingerprint density at radius 3 is 2.81 bits per heavy atom. The fraction of sp³-hybridized carbons (Fsp3) is 0.588. The summed E-state index contributed by atoms with van der Waals surface area (Å²) in [5.74, 6) is 0.210. The van der Waals surface area contributed by atoms with Crippen LogP contribution in [0, 0.1) is 0 Å². The summed E-state index contributed by atoms with van der Waals surface area (Å²) in [5, 5.41) is 6.71. The molecule has 2 atom stereocenters. The molecule has 0 aromatic heterocycles. The van der Waals surface area contributed by atoms with Crippen molar-refractivity contribution in [2.24, 2.45) is 0 Å². The van der Waals surface area contributed by atoms with E-state index >= 15 is 0 Å². The van der Waals surface area contributed by atoms with Gasteiger partial charge in [0.15, 0.2) is 0 Å². The summed E-state index contributed by atoms with van der Waals surface area (Å²) in [7, 11) is 0. The van der Waals surface area contributed by atoms with Crippen LogP contribution in [0.3, 0.4) is 0 Å². The first-order chi connectivity index (χ1) is 9.73. The molecule has 1 amide bonds. The first-order valence-electron chi connectivity index (χ1n) is 7.86. The Balaban J connectivity index is 0.00000161. The summed E-state index contributed by atoms with van der Waals surface area (Å²) in [6, 6.07) is 8.89. The zero-order valence-electron chi connectivity index (χ0n) is 12.7. The number of hydrogen-bond acceptors (Lipinski definition) is 2. The van der Waals surface area contributed by atoms with E-state index in [9.17, 15) is 4.79 Å². The van der Waals surface area contributed by atoms with Crippen LogP contribution in [0.5, 0.6) is 0 Å². The molecule has 1 saturated heterocycles. The number of benzene rings is 1. The monoisotopic (exact) mass is 308 g/mol. The summed E-state index contributed by atoms with van der Waals surface area (Å²) >= 11 is 0. The smallest absolute Gasteiger partial charge is 0.240 e. The summed E-state index contributed by atoms with van der Waals surface area (Å²) in [5.41, 5.74) is 2.54. The van der Waals surface area contributed by atoms with Crippen molar-refractivity contribution in [2.75, 3.05) is 6.54 Å². The third-order valence-corrected chi connectivity index (χ3v) is 4.96. The number of nitrogens with one attached hydrogen (secondary N) is 2. The van der Waals surface area contributed by atoms with Crippen LogP contribution in [0.25, 0.3) is 0 Å². The zero-order chi connectivity index (χ0) is 14.0. The van der Waals surface area contributed by atoms with Crippen molar-refractivity contribution in [2.45, 2.75) is 57.0 Å². The number of carbonyl (C=O) groups excluding carboxylic acids is 1. The highest BCUT2D eigenvalue weighted by Crippen LogP contribution is 2.25. The molecule has 1 aliphatic carbocycles. The average Bonchev–Trinajstić information content (AvgIpc) is 2.97. The van der Waals surface area contributed by atoms with E-state index in [1.165, 1.54) is 11.1 Å². The van der Waals surface area contributed by atoms with Crippen molar-refractivity contribution >= 4 is 18.3 Å². The third kappa shape index (κ3) is 3.24. The number of aryl methyl sites for hydroxylation is 1. The van der Waals surface area contributed by atoms with Crippen molar-refractivity contribution in [3.8, 4) is 0 Å². The summed E-state index contributed by atoms with van der Waals surface area (Å²) < 4.78 is 0. The van der Waals surface area contributed by atoms with Gasteiger partial charge in [-0.05, 0) is 56.2 Å². The molecule has 3 nitrogen and oxygen atoms in total. The lowest BCUT2D eigenvalue weighted by molar-refractivity contribution is -0.128. The van der Waals surface area contributed by atoms with E-state index in [-0.39, 0.29) is 23.9 Å². The molecule has 1 aliphatic heterocycles. The summed E-state index contributed by atoms with van der Waals surface area (Å²) in [6.45, 7) is 3.07. The molecule has 0 spiro atoms. The summed E-state index contributed by atoms with van der Waals surface area (Å²) in [4.78, 5) is 12.6. The minimum atomic E-state index is -0.309. The van der Waals surface area contributed by atoms with Gasteiger partial charge in [-0.25, -0.2) is 0 Å². The van der Waals surface area contributed by atoms with Crippen LogP contribution in [0.4, 0.5) is 0 Å². The molecule has 0 bridgehead atoms. The molecule has 0 saturated carbocycles. The molecular formula is C17H25ClN2O. The third-order valence-electron chi connectivity index (χ3n) is 4.96. The van der Waals surface area contributed by atoms with Crippen molar-refractivity contribution in [3.05, 3.63) is 35.4 Å². The Bertz CT molecular complexity index is 497. The number of halogens is 1. The molecule has 2 unspecified atom stereocenters. The highest BCUT2D eigenvalue weighted by Gasteiger charge is 2.39. The number of carbonyl (C=O) groups is 1. The van der Waals surface area contributed by atoms with E-state index in [0.717, 1.165) is 45.1 Å². The standard InChI is InChI=1S/C17H24N2O.ClH/c1-2-17(10-5-11-18-17)16(20)19-15-9-8-13-6-3-4-7-14(13)12-15;/h3-4,6-7,15,18H,2,5,8-12H2,1H3,(H,19,20);1H. The largest absolute Gasteiger partial charge is 0.351 e. The quantitative estimate of drug-likeness (QED) is 0.901. The Labute approximate surface area is 133 Å². The van der Waals surface area contributed by atoms with Gasteiger partial charge in [-0.2, -0.15) is 0 Å². The van der Waals surface area contributed by atoms with Gasteiger partial charge in [0.1, 0.15) is 0 Å². The van der Waals surface area contributed by atoms with Crippen molar-refractivity contribution in [3.63, 3.8) is 0 Å². The maximum atomic E-state index is 12.6. The Morgan fingerprint density at radius 2 is 2.14 bits per heavy atom. The van der Waals surface area contributed by atoms with Gasteiger partial charge >= 0.3 is 0 Å². The van der Waals surface area contributed by atoms with Gasteiger partial charge in [-0.15, -0.1) is 12.4 Å². The second-order valence-corrected chi connectivity index (χ2v) is 6.15. The van der Waals surface area contributed by atoms with Crippen LogP contribution >= 0.6 is 12.4 Å². The van der Waals surface area contributed by atoms with Crippen LogP contribution in [-0.2, 0) is 17.6 Å². The van der Waals surface area contributed by atoms with Crippen LogP contribution < -0.4 is 10.6 Å². The van der Waals surface area contributed by atoms with E-state index in [4.69, 9.17) is 0 Å². The maximum Gasteiger partial charge on any atom is 0.240 e. The average molecular weight is 309 g/mol. The molecule has 3 rings (SSSR count). The van der Waals surface area contributed by atoms with Crippen molar-refractivity contribution in [1.29, 1.82) is 0 Å². The highest BCUT2D eigenvalue weighted by atomic mass is 35.5. The van der Waals surface area contributed by atoms with E-state index in [1.54, 1.807) is 0 Å². The molecule has 4 heteroatoms. The van der Waals surface area contributed by atoms with Crippen LogP contribution in [-0.4, -0.2) is 24.0 Å². The summed E-state index contributed by atoms with van der Waals surface area (Å²) in [6.07, 6.45) is 6.06. The molecular weight excluding hydrogens is 284 g/mol. The molecule has 0 radical (unpaired) electrons. The maximum absolute atomic E-state index is 12.6.